The number of pyridine rings is 1. The van der Waals surface area contributed by atoms with Crippen molar-refractivity contribution in [3.63, 3.8) is 0 Å². The summed E-state index contributed by atoms with van der Waals surface area (Å²) in [5.41, 5.74) is 1.07. The van der Waals surface area contributed by atoms with Crippen LogP contribution in [0.2, 0.25) is 0 Å². The Bertz CT molecular complexity index is 572. The number of nitrogens with zero attached hydrogens (tertiary/aromatic N) is 2. The average Bonchev–Trinajstić information content (AvgIpc) is 2.65. The third-order valence-corrected chi connectivity index (χ3v) is 3.01. The van der Waals surface area contributed by atoms with Crippen LogP contribution in [-0.2, 0) is 12.1 Å². The minimum absolute atomic E-state index is 0.119. The fraction of sp³-hybridized carbons (Fsp3) is 0.417. The second kappa shape index (κ2) is 4.46. The number of imidazole rings is 1. The Kier molecular flexibility index (Phi) is 3.27. The van der Waals surface area contributed by atoms with Crippen LogP contribution in [0, 0.1) is 0 Å². The van der Waals surface area contributed by atoms with E-state index in [0.29, 0.717) is 0 Å². The number of halogens is 4. The Balaban J connectivity index is 2.66. The average molecular weight is 277 g/mol. The van der Waals surface area contributed by atoms with Gasteiger partial charge >= 0.3 is 6.18 Å². The van der Waals surface area contributed by atoms with Gasteiger partial charge in [0, 0.05) is 6.20 Å². The Morgan fingerprint density at radius 3 is 2.56 bits per heavy atom. The van der Waals surface area contributed by atoms with Gasteiger partial charge in [-0.1, -0.05) is 13.8 Å². The van der Waals surface area contributed by atoms with Crippen molar-refractivity contribution in [1.82, 2.24) is 9.38 Å². The van der Waals surface area contributed by atoms with Gasteiger partial charge in [-0.05, 0) is 18.1 Å². The van der Waals surface area contributed by atoms with Crippen molar-refractivity contribution < 1.29 is 13.2 Å². The number of hydrogen-bond acceptors (Lipinski definition) is 1. The summed E-state index contributed by atoms with van der Waals surface area (Å²) in [5.74, 6) is 0.341. The van der Waals surface area contributed by atoms with Gasteiger partial charge in [0.15, 0.2) is 0 Å². The van der Waals surface area contributed by atoms with Crippen LogP contribution in [0.15, 0.2) is 18.3 Å². The van der Waals surface area contributed by atoms with Gasteiger partial charge in [0.25, 0.3) is 0 Å². The van der Waals surface area contributed by atoms with Crippen molar-refractivity contribution >= 4 is 17.2 Å². The normalized spacial score (nSPS) is 12.6. The summed E-state index contributed by atoms with van der Waals surface area (Å²) in [6, 6.07) is 2.08. The summed E-state index contributed by atoms with van der Waals surface area (Å²) in [4.78, 5) is 4.24. The molecule has 0 fully saturated rings. The van der Waals surface area contributed by atoms with E-state index in [4.69, 9.17) is 11.6 Å². The molecule has 0 amide bonds. The zero-order valence-corrected chi connectivity index (χ0v) is 10.7. The van der Waals surface area contributed by atoms with E-state index in [2.05, 4.69) is 4.98 Å². The van der Waals surface area contributed by atoms with Crippen LogP contribution in [0.5, 0.6) is 0 Å². The van der Waals surface area contributed by atoms with Crippen molar-refractivity contribution in [3.8, 4) is 0 Å². The summed E-state index contributed by atoms with van der Waals surface area (Å²) in [7, 11) is 0. The van der Waals surface area contributed by atoms with Crippen LogP contribution in [0.25, 0.3) is 5.65 Å². The monoisotopic (exact) mass is 276 g/mol. The highest BCUT2D eigenvalue weighted by atomic mass is 35.5. The molecule has 0 aliphatic carbocycles. The number of hydrogen-bond donors (Lipinski definition) is 0. The molecule has 2 aromatic heterocycles. The smallest absolute Gasteiger partial charge is 0.303 e. The maximum atomic E-state index is 12.6. The molecule has 6 heteroatoms. The topological polar surface area (TPSA) is 17.3 Å². The van der Waals surface area contributed by atoms with Crippen LogP contribution in [0.3, 0.4) is 0 Å². The van der Waals surface area contributed by atoms with Crippen molar-refractivity contribution in [3.05, 3.63) is 35.3 Å². The Labute approximate surface area is 107 Å². The molecular formula is C12H12ClF3N2. The molecule has 0 unspecified atom stereocenters. The molecule has 0 radical (unpaired) electrons. The molecule has 0 saturated carbocycles. The lowest BCUT2D eigenvalue weighted by atomic mass is 10.1. The van der Waals surface area contributed by atoms with Gasteiger partial charge in [0.1, 0.15) is 5.65 Å². The quantitative estimate of drug-likeness (QED) is 0.751. The SMILES string of the molecule is CC(C)c1nc2cc(C(F)(F)F)ccn2c1CCl. The van der Waals surface area contributed by atoms with Gasteiger partial charge in [-0.2, -0.15) is 13.2 Å². The summed E-state index contributed by atoms with van der Waals surface area (Å²) in [6.45, 7) is 3.87. The molecular weight excluding hydrogens is 265 g/mol. The summed E-state index contributed by atoms with van der Waals surface area (Å²) < 4.78 is 39.4. The molecule has 2 nitrogen and oxygen atoms in total. The molecule has 2 heterocycles. The van der Waals surface area contributed by atoms with Crippen molar-refractivity contribution in [2.45, 2.75) is 31.8 Å². The molecule has 0 bridgehead atoms. The minimum atomic E-state index is -4.35. The van der Waals surface area contributed by atoms with Gasteiger partial charge < -0.3 is 4.40 Å². The highest BCUT2D eigenvalue weighted by Crippen LogP contribution is 2.31. The largest absolute Gasteiger partial charge is 0.416 e. The number of alkyl halides is 4. The van der Waals surface area contributed by atoms with Crippen molar-refractivity contribution in [1.29, 1.82) is 0 Å². The third kappa shape index (κ3) is 2.19. The Morgan fingerprint density at radius 2 is 2.06 bits per heavy atom. The van der Waals surface area contributed by atoms with Crippen molar-refractivity contribution in [2.75, 3.05) is 0 Å². The van der Waals surface area contributed by atoms with Crippen molar-refractivity contribution in [2.24, 2.45) is 0 Å². The lowest BCUT2D eigenvalue weighted by Crippen LogP contribution is -2.05. The van der Waals surface area contributed by atoms with Crippen LogP contribution >= 0.6 is 11.6 Å². The first-order chi connectivity index (χ1) is 8.34. The van der Waals surface area contributed by atoms with E-state index in [0.717, 1.165) is 23.5 Å². The number of rotatable bonds is 2. The minimum Gasteiger partial charge on any atom is -0.303 e. The summed E-state index contributed by atoms with van der Waals surface area (Å²) >= 11 is 5.84. The molecule has 98 valence electrons. The highest BCUT2D eigenvalue weighted by molar-refractivity contribution is 6.17. The zero-order valence-electron chi connectivity index (χ0n) is 9.92. The summed E-state index contributed by atoms with van der Waals surface area (Å²) in [6.07, 6.45) is -2.98. The molecule has 2 rings (SSSR count). The first-order valence-corrected chi connectivity index (χ1v) is 6.02. The Morgan fingerprint density at radius 1 is 1.39 bits per heavy atom. The molecule has 0 N–H and O–H groups in total. The van der Waals surface area contributed by atoms with E-state index in [1.54, 1.807) is 4.40 Å². The third-order valence-electron chi connectivity index (χ3n) is 2.76. The van der Waals surface area contributed by atoms with E-state index in [1.807, 2.05) is 13.8 Å². The predicted molar refractivity (Wildman–Crippen MR) is 63.8 cm³/mol. The molecule has 0 spiro atoms. The van der Waals surface area contributed by atoms with Crippen LogP contribution in [-0.4, -0.2) is 9.38 Å². The van der Waals surface area contributed by atoms with Crippen LogP contribution in [0.4, 0.5) is 13.2 Å². The lowest BCUT2D eigenvalue weighted by molar-refractivity contribution is -0.137. The second-order valence-electron chi connectivity index (χ2n) is 4.37. The molecule has 0 saturated heterocycles. The van der Waals surface area contributed by atoms with Crippen LogP contribution < -0.4 is 0 Å². The number of fused-ring (bicyclic) bond motifs is 1. The van der Waals surface area contributed by atoms with E-state index in [-0.39, 0.29) is 17.4 Å². The standard InChI is InChI=1S/C12H12ClF3N2/c1-7(2)11-9(6-13)18-4-3-8(12(14,15)16)5-10(18)17-11/h3-5,7H,6H2,1-2H3. The Hall–Kier alpha value is -1.23. The highest BCUT2D eigenvalue weighted by Gasteiger charge is 2.31. The molecule has 18 heavy (non-hydrogen) atoms. The fourth-order valence-corrected chi connectivity index (χ4v) is 2.15. The zero-order chi connectivity index (χ0) is 13.5. The summed E-state index contributed by atoms with van der Waals surface area (Å²) in [5, 5.41) is 0. The van der Waals surface area contributed by atoms with Gasteiger partial charge in [0.2, 0.25) is 0 Å². The molecule has 0 aliphatic heterocycles. The fourth-order valence-electron chi connectivity index (χ4n) is 1.89. The molecule has 0 atom stereocenters. The first kappa shape index (κ1) is 13.2. The maximum absolute atomic E-state index is 12.6. The number of aromatic nitrogens is 2. The van der Waals surface area contributed by atoms with E-state index < -0.39 is 11.7 Å². The van der Waals surface area contributed by atoms with Gasteiger partial charge in [-0.3, -0.25) is 0 Å². The van der Waals surface area contributed by atoms with E-state index in [1.165, 1.54) is 6.20 Å². The molecule has 2 aromatic rings. The second-order valence-corrected chi connectivity index (χ2v) is 4.64. The molecule has 0 aliphatic rings. The predicted octanol–water partition coefficient (Wildman–Crippen LogP) is 4.22. The lowest BCUT2D eigenvalue weighted by Gasteiger charge is -2.07. The van der Waals surface area contributed by atoms with Gasteiger partial charge in [0.05, 0.1) is 22.8 Å². The molecule has 0 aromatic carbocycles. The van der Waals surface area contributed by atoms with E-state index >= 15 is 0 Å². The van der Waals surface area contributed by atoms with Gasteiger partial charge in [-0.25, -0.2) is 4.98 Å². The maximum Gasteiger partial charge on any atom is 0.416 e. The van der Waals surface area contributed by atoms with E-state index in [9.17, 15) is 13.2 Å². The van der Waals surface area contributed by atoms with Gasteiger partial charge in [-0.15, -0.1) is 11.6 Å². The first-order valence-electron chi connectivity index (χ1n) is 5.48. The van der Waals surface area contributed by atoms with Crippen LogP contribution in [0.1, 0.15) is 36.7 Å².